The lowest BCUT2D eigenvalue weighted by molar-refractivity contribution is -0.140. The highest BCUT2D eigenvalue weighted by Crippen LogP contribution is 2.06. The summed E-state index contributed by atoms with van der Waals surface area (Å²) in [7, 11) is 1.33. The standard InChI is InChI=1S/C11H14FNO2/c1-15-11(14)7-10(13)6-8-2-4-9(12)5-3-8/h2-5,10H,6-7,13H2,1H3/t10-/m1/s1. The molecule has 0 fully saturated rings. The van der Waals surface area contributed by atoms with Gasteiger partial charge in [-0.2, -0.15) is 0 Å². The normalized spacial score (nSPS) is 12.2. The van der Waals surface area contributed by atoms with Crippen LogP contribution in [0.15, 0.2) is 24.3 Å². The van der Waals surface area contributed by atoms with Crippen LogP contribution in [0.2, 0.25) is 0 Å². The van der Waals surface area contributed by atoms with Gasteiger partial charge in [0.05, 0.1) is 13.5 Å². The van der Waals surface area contributed by atoms with Gasteiger partial charge in [0.25, 0.3) is 0 Å². The molecule has 82 valence electrons. The van der Waals surface area contributed by atoms with E-state index in [1.165, 1.54) is 19.2 Å². The predicted molar refractivity (Wildman–Crippen MR) is 54.7 cm³/mol. The molecule has 4 heteroatoms. The number of carbonyl (C=O) groups is 1. The molecule has 2 N–H and O–H groups in total. The van der Waals surface area contributed by atoms with Crippen LogP contribution in [0.25, 0.3) is 0 Å². The maximum atomic E-state index is 12.6. The maximum absolute atomic E-state index is 12.6. The van der Waals surface area contributed by atoms with E-state index in [1.54, 1.807) is 12.1 Å². The molecule has 0 aliphatic carbocycles. The number of ether oxygens (including phenoxy) is 1. The van der Waals surface area contributed by atoms with Crippen molar-refractivity contribution < 1.29 is 13.9 Å². The molecule has 1 rings (SSSR count). The Morgan fingerprint density at radius 1 is 1.47 bits per heavy atom. The average Bonchev–Trinajstić information content (AvgIpc) is 2.21. The minimum absolute atomic E-state index is 0.174. The lowest BCUT2D eigenvalue weighted by Crippen LogP contribution is -2.26. The van der Waals surface area contributed by atoms with E-state index in [4.69, 9.17) is 5.73 Å². The third-order valence-corrected chi connectivity index (χ3v) is 2.07. The number of hydrogen-bond acceptors (Lipinski definition) is 3. The minimum atomic E-state index is -0.329. The quantitative estimate of drug-likeness (QED) is 0.763. The summed E-state index contributed by atoms with van der Waals surface area (Å²) in [6.07, 6.45) is 0.712. The number of carbonyl (C=O) groups excluding carboxylic acids is 1. The topological polar surface area (TPSA) is 52.3 Å². The number of nitrogens with two attached hydrogens (primary N) is 1. The monoisotopic (exact) mass is 211 g/mol. The first kappa shape index (κ1) is 11.7. The number of esters is 1. The van der Waals surface area contributed by atoms with Gasteiger partial charge in [0.15, 0.2) is 0 Å². The van der Waals surface area contributed by atoms with E-state index in [1.807, 2.05) is 0 Å². The molecule has 0 amide bonds. The largest absolute Gasteiger partial charge is 0.469 e. The molecule has 3 nitrogen and oxygen atoms in total. The Morgan fingerprint density at radius 3 is 2.60 bits per heavy atom. The molecule has 0 aliphatic rings. The highest BCUT2D eigenvalue weighted by Gasteiger charge is 2.10. The first-order valence-corrected chi connectivity index (χ1v) is 4.68. The summed E-state index contributed by atoms with van der Waals surface area (Å²) >= 11 is 0. The van der Waals surface area contributed by atoms with Gasteiger partial charge in [-0.3, -0.25) is 4.79 Å². The summed E-state index contributed by atoms with van der Waals surface area (Å²) in [5.41, 5.74) is 6.64. The Labute approximate surface area is 88.0 Å². The maximum Gasteiger partial charge on any atom is 0.307 e. The molecule has 1 atom stereocenters. The zero-order chi connectivity index (χ0) is 11.3. The lowest BCUT2D eigenvalue weighted by Gasteiger charge is -2.09. The van der Waals surface area contributed by atoms with E-state index < -0.39 is 0 Å². The van der Waals surface area contributed by atoms with Crippen molar-refractivity contribution in [2.45, 2.75) is 18.9 Å². The van der Waals surface area contributed by atoms with Gasteiger partial charge in [0.1, 0.15) is 5.82 Å². The first-order chi connectivity index (χ1) is 7.11. The second-order valence-corrected chi connectivity index (χ2v) is 3.37. The molecule has 0 aliphatic heterocycles. The van der Waals surface area contributed by atoms with E-state index in [0.29, 0.717) is 6.42 Å². The summed E-state index contributed by atoms with van der Waals surface area (Å²) in [6, 6.07) is 5.78. The van der Waals surface area contributed by atoms with Crippen molar-refractivity contribution in [3.63, 3.8) is 0 Å². The first-order valence-electron chi connectivity index (χ1n) is 4.68. The third kappa shape index (κ3) is 4.08. The van der Waals surface area contributed by atoms with Crippen LogP contribution >= 0.6 is 0 Å². The second kappa shape index (κ2) is 5.46. The van der Waals surface area contributed by atoms with Crippen molar-refractivity contribution in [2.24, 2.45) is 5.73 Å². The lowest BCUT2D eigenvalue weighted by atomic mass is 10.0. The molecule has 0 bridgehead atoms. The molecule has 0 unspecified atom stereocenters. The van der Waals surface area contributed by atoms with Crippen molar-refractivity contribution in [1.29, 1.82) is 0 Å². The predicted octanol–water partition coefficient (Wildman–Crippen LogP) is 1.26. The van der Waals surface area contributed by atoms with Crippen LogP contribution < -0.4 is 5.73 Å². The summed E-state index contributed by atoms with van der Waals surface area (Å²) in [4.78, 5) is 10.9. The smallest absolute Gasteiger partial charge is 0.307 e. The number of hydrogen-bond donors (Lipinski definition) is 1. The van der Waals surface area contributed by atoms with E-state index in [2.05, 4.69) is 4.74 Å². The van der Waals surface area contributed by atoms with Crippen LogP contribution in [0, 0.1) is 5.82 Å². The molecule has 0 spiro atoms. The highest BCUT2D eigenvalue weighted by atomic mass is 19.1. The van der Waals surface area contributed by atoms with Crippen LogP contribution in [0.3, 0.4) is 0 Å². The van der Waals surface area contributed by atoms with Crippen molar-refractivity contribution in [2.75, 3.05) is 7.11 Å². The summed E-state index contributed by atoms with van der Waals surface area (Å²) in [5, 5.41) is 0. The zero-order valence-electron chi connectivity index (χ0n) is 8.57. The van der Waals surface area contributed by atoms with Crippen LogP contribution in [-0.2, 0) is 16.0 Å². The Kier molecular flexibility index (Phi) is 4.24. The molecule has 15 heavy (non-hydrogen) atoms. The Morgan fingerprint density at radius 2 is 2.07 bits per heavy atom. The fourth-order valence-electron chi connectivity index (χ4n) is 1.29. The molecule has 0 heterocycles. The Hall–Kier alpha value is -1.42. The molecule has 0 aromatic heterocycles. The van der Waals surface area contributed by atoms with Crippen LogP contribution in [0.5, 0.6) is 0 Å². The number of benzene rings is 1. The fourth-order valence-corrected chi connectivity index (χ4v) is 1.29. The van der Waals surface area contributed by atoms with Crippen LogP contribution in [-0.4, -0.2) is 19.1 Å². The zero-order valence-corrected chi connectivity index (χ0v) is 8.57. The SMILES string of the molecule is COC(=O)C[C@H](N)Cc1ccc(F)cc1. The van der Waals surface area contributed by atoms with E-state index in [-0.39, 0.29) is 24.2 Å². The van der Waals surface area contributed by atoms with Crippen molar-refractivity contribution in [1.82, 2.24) is 0 Å². The number of methoxy groups -OCH3 is 1. The Bertz CT molecular complexity index is 324. The summed E-state index contributed by atoms with van der Waals surface area (Å²) < 4.78 is 17.1. The van der Waals surface area contributed by atoms with E-state index >= 15 is 0 Å². The molecule has 0 saturated heterocycles. The Balaban J connectivity index is 2.47. The number of rotatable bonds is 4. The third-order valence-electron chi connectivity index (χ3n) is 2.07. The van der Waals surface area contributed by atoms with E-state index in [0.717, 1.165) is 5.56 Å². The molecule has 0 radical (unpaired) electrons. The fraction of sp³-hybridized carbons (Fsp3) is 0.364. The van der Waals surface area contributed by atoms with Crippen molar-refractivity contribution >= 4 is 5.97 Å². The van der Waals surface area contributed by atoms with Gasteiger partial charge in [-0.05, 0) is 24.1 Å². The minimum Gasteiger partial charge on any atom is -0.469 e. The highest BCUT2D eigenvalue weighted by molar-refractivity contribution is 5.69. The van der Waals surface area contributed by atoms with Gasteiger partial charge in [-0.1, -0.05) is 12.1 Å². The van der Waals surface area contributed by atoms with E-state index in [9.17, 15) is 9.18 Å². The summed E-state index contributed by atoms with van der Waals surface area (Å²) in [5.74, 6) is -0.607. The van der Waals surface area contributed by atoms with Gasteiger partial charge >= 0.3 is 5.97 Å². The molecular formula is C11H14FNO2. The number of halogens is 1. The average molecular weight is 211 g/mol. The molecular weight excluding hydrogens is 197 g/mol. The van der Waals surface area contributed by atoms with Crippen LogP contribution in [0.1, 0.15) is 12.0 Å². The summed E-state index contributed by atoms with van der Waals surface area (Å²) in [6.45, 7) is 0. The van der Waals surface area contributed by atoms with Gasteiger partial charge in [0.2, 0.25) is 0 Å². The van der Waals surface area contributed by atoms with Crippen molar-refractivity contribution in [3.8, 4) is 0 Å². The van der Waals surface area contributed by atoms with Gasteiger partial charge in [-0.15, -0.1) is 0 Å². The van der Waals surface area contributed by atoms with Gasteiger partial charge in [-0.25, -0.2) is 4.39 Å². The second-order valence-electron chi connectivity index (χ2n) is 3.37. The molecule has 1 aromatic rings. The van der Waals surface area contributed by atoms with Gasteiger partial charge in [0, 0.05) is 6.04 Å². The van der Waals surface area contributed by atoms with Gasteiger partial charge < -0.3 is 10.5 Å². The van der Waals surface area contributed by atoms with Crippen LogP contribution in [0.4, 0.5) is 4.39 Å². The molecule has 1 aromatic carbocycles. The molecule has 0 saturated carbocycles. The van der Waals surface area contributed by atoms with Crippen molar-refractivity contribution in [3.05, 3.63) is 35.6 Å².